The Balaban J connectivity index is 2.31. The van der Waals surface area contributed by atoms with E-state index < -0.39 is 18.3 Å². The zero-order valence-corrected chi connectivity index (χ0v) is 10.3. The minimum Gasteiger partial charge on any atom is -0.399 e. The van der Waals surface area contributed by atoms with Gasteiger partial charge < -0.3 is 9.31 Å². The molecule has 0 bridgehead atoms. The van der Waals surface area contributed by atoms with Crippen molar-refractivity contribution in [2.75, 3.05) is 0 Å². The Kier molecular flexibility index (Phi) is 2.96. The van der Waals surface area contributed by atoms with Gasteiger partial charge in [-0.3, -0.25) is 0 Å². The highest BCUT2D eigenvalue weighted by molar-refractivity contribution is 6.62. The molecule has 1 aromatic carbocycles. The minimum absolute atomic E-state index is 0.444. The standard InChI is InChI=1S/C13H15BO3/c1-12(2)13(3,9-10-15)17-14(16-12)11-7-5-4-6-8-11/h4-9H,1-3H3. The van der Waals surface area contributed by atoms with E-state index in [4.69, 9.17) is 9.31 Å². The van der Waals surface area contributed by atoms with Gasteiger partial charge in [0.25, 0.3) is 0 Å². The summed E-state index contributed by atoms with van der Waals surface area (Å²) in [7, 11) is -0.444. The lowest BCUT2D eigenvalue weighted by Gasteiger charge is -2.32. The summed E-state index contributed by atoms with van der Waals surface area (Å²) in [6.45, 7) is 5.65. The molecule has 1 atom stereocenters. The Morgan fingerprint density at radius 2 is 1.82 bits per heavy atom. The van der Waals surface area contributed by atoms with Crippen molar-refractivity contribution in [2.24, 2.45) is 0 Å². The van der Waals surface area contributed by atoms with Crippen molar-refractivity contribution < 1.29 is 14.1 Å². The maximum atomic E-state index is 10.6. The smallest absolute Gasteiger partial charge is 0.399 e. The van der Waals surface area contributed by atoms with E-state index in [2.05, 4.69) is 0 Å². The van der Waals surface area contributed by atoms with Gasteiger partial charge in [-0.05, 0) is 26.2 Å². The topological polar surface area (TPSA) is 35.5 Å². The molecule has 1 aromatic rings. The molecule has 0 aromatic heterocycles. The Hall–Kier alpha value is -1.35. The highest BCUT2D eigenvalue weighted by Crippen LogP contribution is 2.37. The molecule has 1 heterocycles. The van der Waals surface area contributed by atoms with Gasteiger partial charge in [-0.15, -0.1) is 0 Å². The number of rotatable bonds is 2. The van der Waals surface area contributed by atoms with Crippen molar-refractivity contribution in [1.29, 1.82) is 0 Å². The van der Waals surface area contributed by atoms with Gasteiger partial charge >= 0.3 is 7.12 Å². The van der Waals surface area contributed by atoms with Gasteiger partial charge in [0.15, 0.2) is 0 Å². The number of hydrogen-bond acceptors (Lipinski definition) is 3. The summed E-state index contributed by atoms with van der Waals surface area (Å²) in [6.07, 6.45) is 1.38. The molecule has 17 heavy (non-hydrogen) atoms. The first kappa shape index (κ1) is 12.1. The minimum atomic E-state index is -0.755. The van der Waals surface area contributed by atoms with Crippen LogP contribution in [0, 0.1) is 0 Å². The molecule has 2 rings (SSSR count). The molecule has 1 saturated heterocycles. The summed E-state index contributed by atoms with van der Waals surface area (Å²) in [5.41, 5.74) is -0.371. The van der Waals surface area contributed by atoms with E-state index in [1.807, 2.05) is 51.1 Å². The van der Waals surface area contributed by atoms with Gasteiger partial charge in [0.05, 0.1) is 5.60 Å². The first-order valence-electron chi connectivity index (χ1n) is 5.61. The van der Waals surface area contributed by atoms with E-state index in [0.29, 0.717) is 0 Å². The van der Waals surface area contributed by atoms with Crippen LogP contribution in [0.5, 0.6) is 0 Å². The van der Waals surface area contributed by atoms with Crippen LogP contribution in [0.4, 0.5) is 0 Å². The molecular formula is C13H15BO3. The average molecular weight is 230 g/mol. The van der Waals surface area contributed by atoms with Crippen LogP contribution >= 0.6 is 0 Å². The Bertz CT molecular complexity index is 451. The summed E-state index contributed by atoms with van der Waals surface area (Å²) < 4.78 is 11.7. The highest BCUT2D eigenvalue weighted by Gasteiger charge is 2.53. The number of hydrogen-bond donors (Lipinski definition) is 0. The lowest BCUT2D eigenvalue weighted by Crippen LogP contribution is -2.43. The van der Waals surface area contributed by atoms with Crippen LogP contribution in [-0.2, 0) is 14.1 Å². The lowest BCUT2D eigenvalue weighted by atomic mass is 9.79. The molecular weight excluding hydrogens is 215 g/mol. The summed E-state index contributed by atoms with van der Waals surface area (Å²) in [5.74, 6) is 1.80. The van der Waals surface area contributed by atoms with Gasteiger partial charge in [-0.2, -0.15) is 0 Å². The Morgan fingerprint density at radius 1 is 1.18 bits per heavy atom. The zero-order chi connectivity index (χ0) is 12.5. The molecule has 4 heteroatoms. The third-order valence-electron chi connectivity index (χ3n) is 3.36. The average Bonchev–Trinajstić information content (AvgIpc) is 2.52. The number of benzene rings is 1. The van der Waals surface area contributed by atoms with E-state index in [1.165, 1.54) is 6.08 Å². The third kappa shape index (κ3) is 2.07. The fourth-order valence-electron chi connectivity index (χ4n) is 1.84. The highest BCUT2D eigenvalue weighted by atomic mass is 16.7. The second-order valence-corrected chi connectivity index (χ2v) is 4.86. The fraction of sp³-hybridized carbons (Fsp3) is 0.385. The van der Waals surface area contributed by atoms with E-state index in [9.17, 15) is 4.79 Å². The largest absolute Gasteiger partial charge is 0.495 e. The summed E-state index contributed by atoms with van der Waals surface area (Å²) >= 11 is 0. The van der Waals surface area contributed by atoms with E-state index in [-0.39, 0.29) is 0 Å². The van der Waals surface area contributed by atoms with E-state index in [1.54, 1.807) is 5.94 Å². The molecule has 3 nitrogen and oxygen atoms in total. The summed E-state index contributed by atoms with van der Waals surface area (Å²) in [6, 6.07) is 9.68. The molecule has 1 unspecified atom stereocenters. The summed E-state index contributed by atoms with van der Waals surface area (Å²) in [4.78, 5) is 10.6. The summed E-state index contributed by atoms with van der Waals surface area (Å²) in [5, 5.41) is 0. The van der Waals surface area contributed by atoms with Crippen LogP contribution in [-0.4, -0.2) is 24.3 Å². The molecule has 0 aliphatic carbocycles. The van der Waals surface area contributed by atoms with Gasteiger partial charge in [0, 0.05) is 6.08 Å². The Labute approximate surface area is 102 Å². The van der Waals surface area contributed by atoms with Crippen LogP contribution in [0.25, 0.3) is 0 Å². The van der Waals surface area contributed by atoms with Crippen molar-refractivity contribution in [1.82, 2.24) is 0 Å². The first-order valence-corrected chi connectivity index (χ1v) is 5.61. The molecule has 1 aliphatic heterocycles. The normalized spacial score (nSPS) is 26.6. The van der Waals surface area contributed by atoms with E-state index >= 15 is 0 Å². The van der Waals surface area contributed by atoms with Crippen molar-refractivity contribution >= 4 is 18.5 Å². The van der Waals surface area contributed by atoms with Crippen LogP contribution in [0.15, 0.2) is 36.4 Å². The van der Waals surface area contributed by atoms with Crippen LogP contribution < -0.4 is 5.46 Å². The third-order valence-corrected chi connectivity index (χ3v) is 3.36. The molecule has 1 fully saturated rings. The maximum absolute atomic E-state index is 10.6. The van der Waals surface area contributed by atoms with Gasteiger partial charge in [0.1, 0.15) is 11.5 Å². The molecule has 0 saturated carbocycles. The Morgan fingerprint density at radius 3 is 2.41 bits per heavy atom. The molecule has 88 valence electrons. The molecule has 0 spiro atoms. The zero-order valence-electron chi connectivity index (χ0n) is 10.3. The van der Waals surface area contributed by atoms with Crippen LogP contribution in [0.1, 0.15) is 20.8 Å². The van der Waals surface area contributed by atoms with Crippen molar-refractivity contribution in [2.45, 2.75) is 32.0 Å². The monoisotopic (exact) mass is 230 g/mol. The van der Waals surface area contributed by atoms with Gasteiger partial charge in [-0.25, -0.2) is 4.79 Å². The van der Waals surface area contributed by atoms with Crippen molar-refractivity contribution in [3.63, 3.8) is 0 Å². The lowest BCUT2D eigenvalue weighted by molar-refractivity contribution is 0.0292. The first-order chi connectivity index (χ1) is 7.98. The molecule has 0 radical (unpaired) electrons. The molecule has 0 amide bonds. The number of carbonyl (C=O) groups excluding carboxylic acids is 1. The van der Waals surface area contributed by atoms with E-state index in [0.717, 1.165) is 5.46 Å². The van der Waals surface area contributed by atoms with Crippen LogP contribution in [0.3, 0.4) is 0 Å². The SMILES string of the molecule is CC1(C)OB(c2ccccc2)OC1(C)C=C=O. The predicted octanol–water partition coefficient (Wildman–Crippen LogP) is 1.35. The second kappa shape index (κ2) is 4.15. The molecule has 0 N–H and O–H groups in total. The van der Waals surface area contributed by atoms with Crippen molar-refractivity contribution in [3.05, 3.63) is 36.4 Å². The predicted molar refractivity (Wildman–Crippen MR) is 66.7 cm³/mol. The van der Waals surface area contributed by atoms with Gasteiger partial charge in [0.2, 0.25) is 0 Å². The quantitative estimate of drug-likeness (QED) is 0.568. The molecule has 1 aliphatic rings. The van der Waals surface area contributed by atoms with Crippen LogP contribution in [0.2, 0.25) is 0 Å². The van der Waals surface area contributed by atoms with Gasteiger partial charge in [-0.1, -0.05) is 30.3 Å². The second-order valence-electron chi connectivity index (χ2n) is 4.86. The van der Waals surface area contributed by atoms with Crippen molar-refractivity contribution in [3.8, 4) is 0 Å². The fourth-order valence-corrected chi connectivity index (χ4v) is 1.84. The maximum Gasteiger partial charge on any atom is 0.495 e.